The maximum absolute atomic E-state index is 13.1. The number of nitrogens with one attached hydrogen (secondary N) is 1. The zero-order valence-corrected chi connectivity index (χ0v) is 19.9. The normalized spacial score (nSPS) is 22.4. The van der Waals surface area contributed by atoms with Gasteiger partial charge in [0.15, 0.2) is 6.61 Å². The van der Waals surface area contributed by atoms with Crippen LogP contribution in [0.5, 0.6) is 0 Å². The maximum Gasteiger partial charge on any atom is 0.339 e. The van der Waals surface area contributed by atoms with Gasteiger partial charge in [0.1, 0.15) is 0 Å². The fourth-order valence-corrected chi connectivity index (χ4v) is 6.12. The molecule has 0 bridgehead atoms. The number of piperidine rings is 1. The van der Waals surface area contributed by atoms with E-state index >= 15 is 0 Å². The third-order valence-electron chi connectivity index (χ3n) is 6.50. The second-order valence-electron chi connectivity index (χ2n) is 8.71. The van der Waals surface area contributed by atoms with Crippen LogP contribution < -0.4 is 5.32 Å². The predicted octanol–water partition coefficient (Wildman–Crippen LogP) is 2.11. The summed E-state index contributed by atoms with van der Waals surface area (Å²) in [7, 11) is -2.73. The first kappa shape index (κ1) is 25.2. The smallest absolute Gasteiger partial charge is 0.339 e. The van der Waals surface area contributed by atoms with E-state index in [0.29, 0.717) is 5.92 Å². The molecule has 0 spiro atoms. The maximum atomic E-state index is 13.1. The van der Waals surface area contributed by atoms with Crippen LogP contribution in [-0.4, -0.2) is 63.4 Å². The zero-order valence-electron chi connectivity index (χ0n) is 19.1. The first-order chi connectivity index (χ1) is 15.7. The highest BCUT2D eigenvalue weighted by Crippen LogP contribution is 2.27. The number of hydrogen-bond acceptors (Lipinski definition) is 7. The molecule has 1 amide bonds. The van der Waals surface area contributed by atoms with Crippen LogP contribution in [-0.2, 0) is 29.1 Å². The molecule has 182 valence electrons. The Morgan fingerprint density at radius 3 is 2.39 bits per heavy atom. The third-order valence-corrected chi connectivity index (χ3v) is 8.46. The van der Waals surface area contributed by atoms with Gasteiger partial charge < -0.3 is 14.8 Å². The lowest BCUT2D eigenvalue weighted by Crippen LogP contribution is -2.44. The van der Waals surface area contributed by atoms with Crippen LogP contribution in [0.1, 0.15) is 55.8 Å². The van der Waals surface area contributed by atoms with Gasteiger partial charge in [0.25, 0.3) is 5.91 Å². The number of carbonyl (C=O) groups excluding carboxylic acids is 3. The molecule has 1 N–H and O–H groups in total. The molecule has 10 heteroatoms. The number of nitrogens with zero attached hydrogens (tertiary/aromatic N) is 1. The highest BCUT2D eigenvalue weighted by Gasteiger charge is 2.35. The van der Waals surface area contributed by atoms with Gasteiger partial charge in [0.05, 0.1) is 23.5 Å². The number of amides is 1. The fourth-order valence-electron chi connectivity index (χ4n) is 4.47. The van der Waals surface area contributed by atoms with Crippen molar-refractivity contribution >= 4 is 27.9 Å². The SMILES string of the molecule is COC(=O)c1ccccc1S(=O)(=O)N1CCC(C(=O)OCC(=O)N[C@@H]2CCCC[C@@H]2C)CC1. The first-order valence-corrected chi connectivity index (χ1v) is 12.8. The molecule has 9 nitrogen and oxygen atoms in total. The molecule has 2 atom stereocenters. The molecule has 0 aromatic heterocycles. The summed E-state index contributed by atoms with van der Waals surface area (Å²) in [6.07, 6.45) is 4.83. The van der Waals surface area contributed by atoms with Gasteiger partial charge in [-0.1, -0.05) is 31.9 Å². The average molecular weight is 481 g/mol. The van der Waals surface area contributed by atoms with E-state index < -0.39 is 27.9 Å². The highest BCUT2D eigenvalue weighted by molar-refractivity contribution is 7.89. The van der Waals surface area contributed by atoms with Crippen LogP contribution in [0.4, 0.5) is 0 Å². The quantitative estimate of drug-likeness (QED) is 0.594. The van der Waals surface area contributed by atoms with Gasteiger partial charge in [-0.05, 0) is 43.7 Å². The Bertz CT molecular complexity index is 971. The lowest BCUT2D eigenvalue weighted by molar-refractivity contribution is -0.154. The molecule has 1 aromatic rings. The average Bonchev–Trinajstić information content (AvgIpc) is 2.83. The number of ether oxygens (including phenoxy) is 2. The van der Waals surface area contributed by atoms with Gasteiger partial charge in [-0.25, -0.2) is 13.2 Å². The first-order valence-electron chi connectivity index (χ1n) is 11.4. The summed E-state index contributed by atoms with van der Waals surface area (Å²) in [5.41, 5.74) is -0.0279. The van der Waals surface area contributed by atoms with Crippen molar-refractivity contribution in [2.24, 2.45) is 11.8 Å². The Morgan fingerprint density at radius 2 is 1.73 bits per heavy atom. The van der Waals surface area contributed by atoms with Crippen molar-refractivity contribution in [2.45, 2.75) is 56.4 Å². The summed E-state index contributed by atoms with van der Waals surface area (Å²) in [5.74, 6) is -1.59. The Hall–Kier alpha value is -2.46. The summed E-state index contributed by atoms with van der Waals surface area (Å²) in [4.78, 5) is 36.5. The number of rotatable bonds is 7. The minimum absolute atomic E-state index is 0.0279. The number of esters is 2. The van der Waals surface area contributed by atoms with Crippen molar-refractivity contribution in [1.82, 2.24) is 9.62 Å². The van der Waals surface area contributed by atoms with Crippen LogP contribution in [0.3, 0.4) is 0 Å². The van der Waals surface area contributed by atoms with Gasteiger partial charge in [-0.3, -0.25) is 9.59 Å². The predicted molar refractivity (Wildman–Crippen MR) is 120 cm³/mol. The number of carbonyl (C=O) groups is 3. The number of hydrogen-bond donors (Lipinski definition) is 1. The van der Waals surface area contributed by atoms with Crippen molar-refractivity contribution in [1.29, 1.82) is 0 Å². The zero-order chi connectivity index (χ0) is 24.0. The molecule has 1 aliphatic heterocycles. The summed E-state index contributed by atoms with van der Waals surface area (Å²) >= 11 is 0. The van der Waals surface area contributed by atoms with E-state index in [1.807, 2.05) is 0 Å². The molecule has 1 aliphatic carbocycles. The second-order valence-corrected chi connectivity index (χ2v) is 10.6. The van der Waals surface area contributed by atoms with Gasteiger partial charge in [-0.2, -0.15) is 4.31 Å². The van der Waals surface area contributed by atoms with Crippen LogP contribution in [0.2, 0.25) is 0 Å². The van der Waals surface area contributed by atoms with Crippen molar-refractivity contribution in [2.75, 3.05) is 26.8 Å². The lowest BCUT2D eigenvalue weighted by Gasteiger charge is -2.31. The van der Waals surface area contributed by atoms with Gasteiger partial charge in [0, 0.05) is 19.1 Å². The molecule has 1 saturated carbocycles. The van der Waals surface area contributed by atoms with Crippen LogP contribution >= 0.6 is 0 Å². The molecule has 0 radical (unpaired) electrons. The van der Waals surface area contributed by atoms with E-state index in [4.69, 9.17) is 9.47 Å². The lowest BCUT2D eigenvalue weighted by atomic mass is 9.86. The Morgan fingerprint density at radius 1 is 1.06 bits per heavy atom. The number of methoxy groups -OCH3 is 1. The minimum Gasteiger partial charge on any atom is -0.465 e. The topological polar surface area (TPSA) is 119 Å². The monoisotopic (exact) mass is 480 g/mol. The van der Waals surface area contributed by atoms with E-state index in [2.05, 4.69) is 12.2 Å². The minimum atomic E-state index is -3.93. The standard InChI is InChI=1S/C23H32N2O7S/c1-16-7-3-5-9-19(16)24-21(26)15-32-22(27)17-11-13-25(14-12-17)33(29,30)20-10-6-4-8-18(20)23(28)31-2/h4,6,8,10,16-17,19H,3,5,7,9,11-15H2,1-2H3,(H,24,26)/t16-,19+/m0/s1. The molecular weight excluding hydrogens is 448 g/mol. The van der Waals surface area contributed by atoms with E-state index in [1.165, 1.54) is 30.0 Å². The molecule has 1 saturated heterocycles. The molecule has 1 heterocycles. The summed E-state index contributed by atoms with van der Waals surface area (Å²) in [6.45, 7) is 2.02. The van der Waals surface area contributed by atoms with Crippen LogP contribution in [0.15, 0.2) is 29.2 Å². The Labute approximate surface area is 194 Å². The van der Waals surface area contributed by atoms with E-state index in [9.17, 15) is 22.8 Å². The summed E-state index contributed by atoms with van der Waals surface area (Å²) in [5, 5.41) is 2.95. The van der Waals surface area contributed by atoms with Crippen LogP contribution in [0, 0.1) is 11.8 Å². The molecule has 33 heavy (non-hydrogen) atoms. The third kappa shape index (κ3) is 6.11. The van der Waals surface area contributed by atoms with Crippen LogP contribution in [0.25, 0.3) is 0 Å². The summed E-state index contributed by atoms with van der Waals surface area (Å²) < 4.78 is 37.3. The molecule has 1 aromatic carbocycles. The summed E-state index contributed by atoms with van der Waals surface area (Å²) in [6, 6.07) is 6.00. The number of benzene rings is 1. The number of sulfonamides is 1. The van der Waals surface area contributed by atoms with E-state index in [-0.39, 0.29) is 54.9 Å². The van der Waals surface area contributed by atoms with E-state index in [0.717, 1.165) is 19.3 Å². The van der Waals surface area contributed by atoms with Gasteiger partial charge >= 0.3 is 11.9 Å². The van der Waals surface area contributed by atoms with Gasteiger partial charge in [-0.15, -0.1) is 0 Å². The highest BCUT2D eigenvalue weighted by atomic mass is 32.2. The Balaban J connectivity index is 1.51. The molecule has 0 unspecified atom stereocenters. The second kappa shape index (κ2) is 11.1. The van der Waals surface area contributed by atoms with Crippen molar-refractivity contribution in [3.05, 3.63) is 29.8 Å². The molecular formula is C23H32N2O7S. The van der Waals surface area contributed by atoms with E-state index in [1.54, 1.807) is 12.1 Å². The van der Waals surface area contributed by atoms with Crippen molar-refractivity contribution < 1.29 is 32.3 Å². The molecule has 2 aliphatic rings. The fraction of sp³-hybridized carbons (Fsp3) is 0.609. The van der Waals surface area contributed by atoms with Crippen molar-refractivity contribution in [3.8, 4) is 0 Å². The van der Waals surface area contributed by atoms with Gasteiger partial charge in [0.2, 0.25) is 10.0 Å². The Kier molecular flexibility index (Phi) is 8.47. The largest absolute Gasteiger partial charge is 0.465 e. The molecule has 3 rings (SSSR count). The molecule has 2 fully saturated rings. The van der Waals surface area contributed by atoms with Crippen molar-refractivity contribution in [3.63, 3.8) is 0 Å².